The maximum atomic E-state index is 5.51. The van der Waals surface area contributed by atoms with Crippen molar-refractivity contribution in [3.63, 3.8) is 0 Å². The molecule has 82 valence electrons. The Morgan fingerprint density at radius 2 is 1.56 bits per heavy atom. The molecule has 2 aromatic rings. The lowest BCUT2D eigenvalue weighted by Gasteiger charge is -2.03. The number of aromatic nitrogens is 1. The molecule has 2 N–H and O–H groups in total. The van der Waals surface area contributed by atoms with Crippen LogP contribution in [0.15, 0.2) is 58.6 Å². The average Bonchev–Trinajstić information content (AvgIpc) is 2.33. The molecule has 0 fully saturated rings. The van der Waals surface area contributed by atoms with Gasteiger partial charge in [-0.15, -0.1) is 0 Å². The quantitative estimate of drug-likeness (QED) is 0.877. The summed E-state index contributed by atoms with van der Waals surface area (Å²) in [5.41, 5.74) is 6.80. The summed E-state index contributed by atoms with van der Waals surface area (Å²) in [4.78, 5) is 6.45. The fraction of sp³-hybridized carbons (Fsp3) is 0.154. The minimum Gasteiger partial charge on any atom is -0.330 e. The van der Waals surface area contributed by atoms with Crippen LogP contribution in [-0.4, -0.2) is 11.5 Å². The normalized spacial score (nSPS) is 10.3. The molecule has 0 aliphatic carbocycles. The highest BCUT2D eigenvalue weighted by molar-refractivity contribution is 7.99. The van der Waals surface area contributed by atoms with E-state index in [1.807, 2.05) is 24.5 Å². The van der Waals surface area contributed by atoms with Gasteiger partial charge in [0.25, 0.3) is 0 Å². The van der Waals surface area contributed by atoms with E-state index >= 15 is 0 Å². The van der Waals surface area contributed by atoms with Crippen molar-refractivity contribution in [2.75, 3.05) is 6.54 Å². The van der Waals surface area contributed by atoms with Crippen LogP contribution in [0.3, 0.4) is 0 Å². The molecule has 2 nitrogen and oxygen atoms in total. The van der Waals surface area contributed by atoms with Gasteiger partial charge in [-0.2, -0.15) is 0 Å². The highest BCUT2D eigenvalue weighted by Crippen LogP contribution is 2.26. The molecular weight excluding hydrogens is 216 g/mol. The van der Waals surface area contributed by atoms with E-state index < -0.39 is 0 Å². The minimum atomic E-state index is 0.705. The van der Waals surface area contributed by atoms with Crippen molar-refractivity contribution in [2.45, 2.75) is 16.2 Å². The van der Waals surface area contributed by atoms with Gasteiger partial charge in [0.15, 0.2) is 0 Å². The van der Waals surface area contributed by atoms with Crippen molar-refractivity contribution < 1.29 is 0 Å². The first-order chi connectivity index (χ1) is 7.88. The Labute approximate surface area is 99.9 Å². The van der Waals surface area contributed by atoms with E-state index in [0.717, 1.165) is 6.42 Å². The number of pyridine rings is 1. The summed E-state index contributed by atoms with van der Waals surface area (Å²) < 4.78 is 0. The Morgan fingerprint density at radius 1 is 0.938 bits per heavy atom. The van der Waals surface area contributed by atoms with Gasteiger partial charge >= 0.3 is 0 Å². The van der Waals surface area contributed by atoms with Crippen LogP contribution in [0.5, 0.6) is 0 Å². The Hall–Kier alpha value is -1.32. The zero-order chi connectivity index (χ0) is 11.2. The third-order valence-corrected chi connectivity index (χ3v) is 3.26. The summed E-state index contributed by atoms with van der Waals surface area (Å²) in [6.07, 6.45) is 4.57. The van der Waals surface area contributed by atoms with Crippen molar-refractivity contribution in [3.05, 3.63) is 54.4 Å². The van der Waals surface area contributed by atoms with E-state index in [2.05, 4.69) is 29.2 Å². The molecule has 1 aromatic carbocycles. The highest BCUT2D eigenvalue weighted by Gasteiger charge is 1.97. The van der Waals surface area contributed by atoms with Crippen molar-refractivity contribution in [1.29, 1.82) is 0 Å². The van der Waals surface area contributed by atoms with Gasteiger partial charge in [-0.3, -0.25) is 4.98 Å². The lowest BCUT2D eigenvalue weighted by molar-refractivity contribution is 0.966. The SMILES string of the molecule is NCCc1ccc(Sc2ccncc2)cc1. The first-order valence-electron chi connectivity index (χ1n) is 5.25. The first-order valence-corrected chi connectivity index (χ1v) is 6.07. The van der Waals surface area contributed by atoms with Crippen molar-refractivity contribution in [3.8, 4) is 0 Å². The van der Waals surface area contributed by atoms with Crippen LogP contribution in [0, 0.1) is 0 Å². The van der Waals surface area contributed by atoms with Gasteiger partial charge in [-0.1, -0.05) is 23.9 Å². The van der Waals surface area contributed by atoms with Crippen molar-refractivity contribution >= 4 is 11.8 Å². The second kappa shape index (κ2) is 5.68. The van der Waals surface area contributed by atoms with E-state index in [-0.39, 0.29) is 0 Å². The van der Waals surface area contributed by atoms with Gasteiger partial charge in [-0.25, -0.2) is 0 Å². The summed E-state index contributed by atoms with van der Waals surface area (Å²) in [6.45, 7) is 0.705. The van der Waals surface area contributed by atoms with Gasteiger partial charge in [0, 0.05) is 22.2 Å². The maximum absolute atomic E-state index is 5.51. The number of hydrogen-bond donors (Lipinski definition) is 1. The Balaban J connectivity index is 2.05. The zero-order valence-electron chi connectivity index (χ0n) is 8.97. The molecule has 2 rings (SSSR count). The van der Waals surface area contributed by atoms with Crippen LogP contribution in [0.25, 0.3) is 0 Å². The summed E-state index contributed by atoms with van der Waals surface area (Å²) in [5.74, 6) is 0. The van der Waals surface area contributed by atoms with Crippen molar-refractivity contribution in [1.82, 2.24) is 4.98 Å². The fourth-order valence-electron chi connectivity index (χ4n) is 1.43. The predicted octanol–water partition coefficient (Wildman–Crippen LogP) is 2.73. The lowest BCUT2D eigenvalue weighted by atomic mass is 10.2. The molecule has 0 aliphatic heterocycles. The molecule has 0 saturated carbocycles. The molecule has 0 unspecified atom stereocenters. The summed E-state index contributed by atoms with van der Waals surface area (Å²) in [5, 5.41) is 0. The molecule has 0 radical (unpaired) electrons. The van der Waals surface area contributed by atoms with Crippen LogP contribution in [0.4, 0.5) is 0 Å². The zero-order valence-corrected chi connectivity index (χ0v) is 9.78. The molecule has 0 amide bonds. The summed E-state index contributed by atoms with van der Waals surface area (Å²) in [6, 6.07) is 12.6. The molecule has 1 heterocycles. The van der Waals surface area contributed by atoms with Gasteiger partial charge in [-0.05, 0) is 42.8 Å². The number of rotatable bonds is 4. The maximum Gasteiger partial charge on any atom is 0.0279 e. The monoisotopic (exact) mass is 230 g/mol. The van der Waals surface area contributed by atoms with Crippen LogP contribution in [0.1, 0.15) is 5.56 Å². The molecule has 0 spiro atoms. The number of benzene rings is 1. The van der Waals surface area contributed by atoms with Gasteiger partial charge < -0.3 is 5.73 Å². The largest absolute Gasteiger partial charge is 0.330 e. The smallest absolute Gasteiger partial charge is 0.0279 e. The van der Waals surface area contributed by atoms with Gasteiger partial charge in [0.2, 0.25) is 0 Å². The third-order valence-electron chi connectivity index (χ3n) is 2.24. The van der Waals surface area contributed by atoms with E-state index in [1.54, 1.807) is 11.8 Å². The number of hydrogen-bond acceptors (Lipinski definition) is 3. The number of nitrogens with zero attached hydrogens (tertiary/aromatic N) is 1. The fourth-order valence-corrected chi connectivity index (χ4v) is 2.24. The van der Waals surface area contributed by atoms with E-state index in [4.69, 9.17) is 5.73 Å². The number of nitrogens with two attached hydrogens (primary N) is 1. The molecule has 3 heteroatoms. The Bertz CT molecular complexity index is 425. The molecular formula is C13H14N2S. The van der Waals surface area contributed by atoms with E-state index in [1.165, 1.54) is 15.4 Å². The standard InChI is InChI=1S/C13H14N2S/c14-8-5-11-1-3-12(4-2-11)16-13-6-9-15-10-7-13/h1-4,6-7,9-10H,5,8,14H2. The summed E-state index contributed by atoms with van der Waals surface area (Å²) >= 11 is 1.74. The first kappa shape index (κ1) is 11.2. The predicted molar refractivity (Wildman–Crippen MR) is 67.6 cm³/mol. The van der Waals surface area contributed by atoms with E-state index in [0.29, 0.717) is 6.54 Å². The van der Waals surface area contributed by atoms with Crippen LogP contribution < -0.4 is 5.73 Å². The third kappa shape index (κ3) is 3.08. The minimum absolute atomic E-state index is 0.705. The topological polar surface area (TPSA) is 38.9 Å². The second-order valence-corrected chi connectivity index (χ2v) is 4.61. The highest BCUT2D eigenvalue weighted by atomic mass is 32.2. The van der Waals surface area contributed by atoms with Gasteiger partial charge in [0.1, 0.15) is 0 Å². The second-order valence-electron chi connectivity index (χ2n) is 3.47. The van der Waals surface area contributed by atoms with E-state index in [9.17, 15) is 0 Å². The van der Waals surface area contributed by atoms with Crippen molar-refractivity contribution in [2.24, 2.45) is 5.73 Å². The van der Waals surface area contributed by atoms with Crippen LogP contribution in [-0.2, 0) is 6.42 Å². The Morgan fingerprint density at radius 3 is 2.19 bits per heavy atom. The average molecular weight is 230 g/mol. The molecule has 16 heavy (non-hydrogen) atoms. The lowest BCUT2D eigenvalue weighted by Crippen LogP contribution is -2.02. The van der Waals surface area contributed by atoms with Crippen LogP contribution in [0.2, 0.25) is 0 Å². The molecule has 0 bridgehead atoms. The Kier molecular flexibility index (Phi) is 3.97. The molecule has 0 atom stereocenters. The molecule has 0 saturated heterocycles. The summed E-state index contributed by atoms with van der Waals surface area (Å²) in [7, 11) is 0. The van der Waals surface area contributed by atoms with Gasteiger partial charge in [0.05, 0.1) is 0 Å². The molecule has 1 aromatic heterocycles. The molecule has 0 aliphatic rings. The van der Waals surface area contributed by atoms with Crippen LogP contribution >= 0.6 is 11.8 Å².